The summed E-state index contributed by atoms with van der Waals surface area (Å²) in [6, 6.07) is 0. The zero-order valence-electron chi connectivity index (χ0n) is 11.9. The van der Waals surface area contributed by atoms with Crippen molar-refractivity contribution in [3.63, 3.8) is 0 Å². The standard InChI is InChI=1S/C15H21NO5/c17-14(18)12-10-1-2-11(9-10)13(12)15(19)21-8-5-16-3-6-20-7-4-16/h1-2,10-13H,3-9H2,(H,17,18). The lowest BCUT2D eigenvalue weighted by Gasteiger charge is -2.27. The molecular formula is C15H21NO5. The molecule has 0 radical (unpaired) electrons. The second kappa shape index (κ2) is 6.15. The van der Waals surface area contributed by atoms with Gasteiger partial charge in [0.1, 0.15) is 6.61 Å². The number of allylic oxidation sites excluding steroid dienone is 2. The van der Waals surface area contributed by atoms with E-state index in [-0.39, 0.29) is 17.8 Å². The molecule has 0 aromatic rings. The second-order valence-corrected chi connectivity index (χ2v) is 5.96. The Morgan fingerprint density at radius 3 is 2.52 bits per heavy atom. The van der Waals surface area contributed by atoms with Crippen molar-refractivity contribution in [3.05, 3.63) is 12.2 Å². The molecule has 1 saturated heterocycles. The fourth-order valence-electron chi connectivity index (χ4n) is 3.68. The number of nitrogens with zero attached hydrogens (tertiary/aromatic N) is 1. The third-order valence-electron chi connectivity index (χ3n) is 4.77. The first-order chi connectivity index (χ1) is 10.2. The van der Waals surface area contributed by atoms with Crippen LogP contribution < -0.4 is 0 Å². The molecule has 4 atom stereocenters. The number of carbonyl (C=O) groups is 2. The molecule has 3 rings (SSSR count). The third-order valence-corrected chi connectivity index (χ3v) is 4.77. The van der Waals surface area contributed by atoms with Crippen molar-refractivity contribution in [1.29, 1.82) is 0 Å². The van der Waals surface area contributed by atoms with Crippen LogP contribution in [0.4, 0.5) is 0 Å². The maximum absolute atomic E-state index is 12.2. The fourth-order valence-corrected chi connectivity index (χ4v) is 3.68. The van der Waals surface area contributed by atoms with Crippen LogP contribution in [0.25, 0.3) is 0 Å². The van der Waals surface area contributed by atoms with Gasteiger partial charge in [-0.15, -0.1) is 0 Å². The van der Waals surface area contributed by atoms with E-state index in [1.54, 1.807) is 0 Å². The summed E-state index contributed by atoms with van der Waals surface area (Å²) in [6.45, 7) is 4.14. The van der Waals surface area contributed by atoms with Crippen LogP contribution in [-0.2, 0) is 19.1 Å². The van der Waals surface area contributed by atoms with E-state index >= 15 is 0 Å². The number of carbonyl (C=O) groups excluding carboxylic acids is 1. The normalized spacial score (nSPS) is 35.0. The van der Waals surface area contributed by atoms with Crippen molar-refractivity contribution >= 4 is 11.9 Å². The predicted molar refractivity (Wildman–Crippen MR) is 73.6 cm³/mol. The van der Waals surface area contributed by atoms with Crippen LogP contribution in [0.1, 0.15) is 6.42 Å². The SMILES string of the molecule is O=C(O)C1C2C=CC(C2)C1C(=O)OCCN1CCOCC1. The summed E-state index contributed by atoms with van der Waals surface area (Å²) in [4.78, 5) is 25.8. The highest BCUT2D eigenvalue weighted by atomic mass is 16.5. The van der Waals surface area contributed by atoms with Crippen molar-refractivity contribution in [2.24, 2.45) is 23.7 Å². The Labute approximate surface area is 123 Å². The van der Waals surface area contributed by atoms with Crippen LogP contribution >= 0.6 is 0 Å². The van der Waals surface area contributed by atoms with Crippen molar-refractivity contribution in [2.75, 3.05) is 39.5 Å². The number of hydrogen-bond acceptors (Lipinski definition) is 5. The molecule has 3 aliphatic rings. The highest BCUT2D eigenvalue weighted by molar-refractivity contribution is 5.83. The molecule has 0 amide bonds. The molecule has 1 N–H and O–H groups in total. The first kappa shape index (κ1) is 14.5. The molecule has 1 heterocycles. The fraction of sp³-hybridized carbons (Fsp3) is 0.733. The highest BCUT2D eigenvalue weighted by Gasteiger charge is 2.52. The molecule has 2 fully saturated rings. The van der Waals surface area contributed by atoms with Gasteiger partial charge in [-0.05, 0) is 18.3 Å². The average molecular weight is 295 g/mol. The molecule has 4 unspecified atom stereocenters. The Morgan fingerprint density at radius 1 is 1.19 bits per heavy atom. The van der Waals surface area contributed by atoms with E-state index < -0.39 is 17.8 Å². The zero-order chi connectivity index (χ0) is 14.8. The number of carboxylic acid groups (broad SMARTS) is 1. The van der Waals surface area contributed by atoms with Crippen LogP contribution in [0.3, 0.4) is 0 Å². The van der Waals surface area contributed by atoms with Gasteiger partial charge in [-0.1, -0.05) is 12.2 Å². The first-order valence-corrected chi connectivity index (χ1v) is 7.54. The lowest BCUT2D eigenvalue weighted by Crippen LogP contribution is -2.39. The number of aliphatic carboxylic acids is 1. The quantitative estimate of drug-likeness (QED) is 0.584. The van der Waals surface area contributed by atoms with E-state index in [4.69, 9.17) is 9.47 Å². The molecule has 1 saturated carbocycles. The van der Waals surface area contributed by atoms with Gasteiger partial charge in [0.2, 0.25) is 0 Å². The average Bonchev–Trinajstić information content (AvgIpc) is 3.08. The molecule has 0 spiro atoms. The van der Waals surface area contributed by atoms with E-state index in [1.165, 1.54) is 0 Å². The van der Waals surface area contributed by atoms with Crippen LogP contribution in [0.5, 0.6) is 0 Å². The van der Waals surface area contributed by atoms with Gasteiger partial charge in [-0.3, -0.25) is 14.5 Å². The molecule has 6 heteroatoms. The molecule has 1 aliphatic heterocycles. The molecule has 116 valence electrons. The number of morpholine rings is 1. The molecule has 0 aromatic carbocycles. The smallest absolute Gasteiger partial charge is 0.310 e. The lowest BCUT2D eigenvalue weighted by molar-refractivity contribution is -0.158. The number of hydrogen-bond donors (Lipinski definition) is 1. The number of fused-ring (bicyclic) bond motifs is 2. The molecule has 21 heavy (non-hydrogen) atoms. The van der Waals surface area contributed by atoms with E-state index in [2.05, 4.69) is 4.90 Å². The van der Waals surface area contributed by atoms with E-state index in [9.17, 15) is 14.7 Å². The van der Waals surface area contributed by atoms with Gasteiger partial charge >= 0.3 is 11.9 Å². The highest BCUT2D eigenvalue weighted by Crippen LogP contribution is 2.48. The monoisotopic (exact) mass is 295 g/mol. The summed E-state index contributed by atoms with van der Waals surface area (Å²) in [5.74, 6) is -2.34. The lowest BCUT2D eigenvalue weighted by atomic mass is 9.83. The van der Waals surface area contributed by atoms with Gasteiger partial charge in [0.05, 0.1) is 25.0 Å². The van der Waals surface area contributed by atoms with Crippen LogP contribution in [0.15, 0.2) is 12.2 Å². The minimum Gasteiger partial charge on any atom is -0.481 e. The van der Waals surface area contributed by atoms with Gasteiger partial charge in [0, 0.05) is 19.6 Å². The first-order valence-electron chi connectivity index (χ1n) is 7.54. The van der Waals surface area contributed by atoms with Gasteiger partial charge in [0.25, 0.3) is 0 Å². The summed E-state index contributed by atoms with van der Waals surface area (Å²) < 4.78 is 10.6. The molecule has 2 aliphatic carbocycles. The minimum atomic E-state index is -0.887. The predicted octanol–water partition coefficient (Wildman–Crippen LogP) is 0.385. The van der Waals surface area contributed by atoms with Crippen LogP contribution in [0.2, 0.25) is 0 Å². The van der Waals surface area contributed by atoms with E-state index in [1.807, 2.05) is 12.2 Å². The van der Waals surface area contributed by atoms with Crippen LogP contribution in [0, 0.1) is 23.7 Å². The Morgan fingerprint density at radius 2 is 1.86 bits per heavy atom. The second-order valence-electron chi connectivity index (χ2n) is 5.96. The maximum atomic E-state index is 12.2. The number of esters is 1. The molecular weight excluding hydrogens is 274 g/mol. The number of carboxylic acids is 1. The van der Waals surface area contributed by atoms with Gasteiger partial charge < -0.3 is 14.6 Å². The Kier molecular flexibility index (Phi) is 4.26. The summed E-state index contributed by atoms with van der Waals surface area (Å²) in [7, 11) is 0. The summed E-state index contributed by atoms with van der Waals surface area (Å²) in [5, 5.41) is 9.32. The maximum Gasteiger partial charge on any atom is 0.310 e. The Bertz CT molecular complexity index is 443. The number of ether oxygens (including phenoxy) is 2. The minimum absolute atomic E-state index is 0.00991. The number of rotatable bonds is 5. The summed E-state index contributed by atoms with van der Waals surface area (Å²) in [5.41, 5.74) is 0. The van der Waals surface area contributed by atoms with Gasteiger partial charge in [-0.2, -0.15) is 0 Å². The van der Waals surface area contributed by atoms with Crippen molar-refractivity contribution in [3.8, 4) is 0 Å². The molecule has 0 aromatic heterocycles. The molecule has 6 nitrogen and oxygen atoms in total. The van der Waals surface area contributed by atoms with Crippen molar-refractivity contribution < 1.29 is 24.2 Å². The van der Waals surface area contributed by atoms with Gasteiger partial charge in [-0.25, -0.2) is 0 Å². The van der Waals surface area contributed by atoms with E-state index in [0.29, 0.717) is 26.4 Å². The Hall–Kier alpha value is -1.40. The van der Waals surface area contributed by atoms with Gasteiger partial charge in [0.15, 0.2) is 0 Å². The van der Waals surface area contributed by atoms with E-state index in [0.717, 1.165) is 19.5 Å². The topological polar surface area (TPSA) is 76.1 Å². The summed E-state index contributed by atoms with van der Waals surface area (Å²) >= 11 is 0. The summed E-state index contributed by atoms with van der Waals surface area (Å²) in [6.07, 6.45) is 4.67. The Balaban J connectivity index is 1.50. The largest absolute Gasteiger partial charge is 0.481 e. The molecule has 2 bridgehead atoms. The third kappa shape index (κ3) is 2.96. The van der Waals surface area contributed by atoms with Crippen molar-refractivity contribution in [1.82, 2.24) is 4.90 Å². The van der Waals surface area contributed by atoms with Crippen LogP contribution in [-0.4, -0.2) is 61.4 Å². The zero-order valence-corrected chi connectivity index (χ0v) is 11.9. The van der Waals surface area contributed by atoms with Crippen molar-refractivity contribution in [2.45, 2.75) is 6.42 Å².